The third kappa shape index (κ3) is 1.58. The number of halogens is 1. The zero-order valence-corrected chi connectivity index (χ0v) is 7.09. The number of hydrogen-bond donors (Lipinski definition) is 0. The van der Waals surface area contributed by atoms with Crippen molar-refractivity contribution >= 4 is 15.9 Å². The monoisotopic (exact) mass is 206 g/mol. The molecule has 1 rings (SSSR count). The Morgan fingerprint density at radius 2 is 1.73 bits per heavy atom. The Morgan fingerprint density at radius 3 is 2.27 bits per heavy atom. The molecule has 1 aromatic rings. The molecule has 0 spiro atoms. The van der Waals surface area contributed by atoms with E-state index in [-0.39, 0.29) is 0 Å². The number of rotatable bonds is 0. The molecule has 0 atom stereocenters. The second-order valence-corrected chi connectivity index (χ2v) is 2.83. The molecule has 0 fully saturated rings. The van der Waals surface area contributed by atoms with E-state index in [0.29, 0.717) is 11.1 Å². The largest absolute Gasteiger partial charge is 0.192 e. The van der Waals surface area contributed by atoms with E-state index in [9.17, 15) is 0 Å². The van der Waals surface area contributed by atoms with Crippen molar-refractivity contribution in [2.24, 2.45) is 0 Å². The summed E-state index contributed by atoms with van der Waals surface area (Å²) in [4.78, 5) is 0. The van der Waals surface area contributed by atoms with Gasteiger partial charge in [-0.05, 0) is 18.2 Å². The average molecular weight is 207 g/mol. The third-order valence-corrected chi connectivity index (χ3v) is 1.72. The molecule has 0 aliphatic carbocycles. The highest BCUT2D eigenvalue weighted by atomic mass is 79.9. The van der Waals surface area contributed by atoms with Crippen molar-refractivity contribution in [3.8, 4) is 12.1 Å². The summed E-state index contributed by atoms with van der Waals surface area (Å²) < 4.78 is 0.813. The van der Waals surface area contributed by atoms with Crippen molar-refractivity contribution in [1.29, 1.82) is 10.5 Å². The molecule has 0 bridgehead atoms. The van der Waals surface area contributed by atoms with Crippen LogP contribution >= 0.6 is 15.9 Å². The molecule has 1 aromatic carbocycles. The highest BCUT2D eigenvalue weighted by Gasteiger charge is 1.99. The summed E-state index contributed by atoms with van der Waals surface area (Å²) in [6, 6.07) is 8.84. The van der Waals surface area contributed by atoms with Gasteiger partial charge in [0.15, 0.2) is 0 Å². The number of nitriles is 2. The predicted octanol–water partition coefficient (Wildman–Crippen LogP) is 2.19. The highest BCUT2D eigenvalue weighted by molar-refractivity contribution is 9.10. The molecule has 0 unspecified atom stereocenters. The first-order chi connectivity index (χ1) is 5.27. The highest BCUT2D eigenvalue weighted by Crippen LogP contribution is 2.14. The zero-order valence-electron chi connectivity index (χ0n) is 5.50. The average Bonchev–Trinajstić information content (AvgIpc) is 2.04. The third-order valence-electron chi connectivity index (χ3n) is 1.22. The molecule has 0 amide bonds. The van der Waals surface area contributed by atoms with Crippen LogP contribution in [0.3, 0.4) is 0 Å². The van der Waals surface area contributed by atoms with Gasteiger partial charge in [-0.15, -0.1) is 0 Å². The molecule has 0 saturated carbocycles. The van der Waals surface area contributed by atoms with Crippen LogP contribution in [0.2, 0.25) is 0 Å². The van der Waals surface area contributed by atoms with Crippen LogP contribution < -0.4 is 0 Å². The van der Waals surface area contributed by atoms with Gasteiger partial charge >= 0.3 is 0 Å². The summed E-state index contributed by atoms with van der Waals surface area (Å²) >= 11 is 3.21. The second-order valence-electron chi connectivity index (χ2n) is 1.91. The smallest absolute Gasteiger partial charge is 0.101 e. The standard InChI is InChI=1S/C8H3BrN2/c9-8-2-1-6(4-10)7(3-8)5-11/h1-3H. The Bertz CT molecular complexity index is 357. The van der Waals surface area contributed by atoms with Crippen LogP contribution in [0.5, 0.6) is 0 Å². The molecule has 0 heterocycles. The van der Waals surface area contributed by atoms with Gasteiger partial charge in [0.2, 0.25) is 0 Å². The lowest BCUT2D eigenvalue weighted by Gasteiger charge is -1.92. The van der Waals surface area contributed by atoms with Crippen LogP contribution in [0.4, 0.5) is 0 Å². The fraction of sp³-hybridized carbons (Fsp3) is 0. The van der Waals surface area contributed by atoms with Crippen LogP contribution in [0.25, 0.3) is 0 Å². The van der Waals surface area contributed by atoms with Gasteiger partial charge in [-0.2, -0.15) is 10.5 Å². The van der Waals surface area contributed by atoms with Gasteiger partial charge in [-0.25, -0.2) is 0 Å². The maximum Gasteiger partial charge on any atom is 0.101 e. The van der Waals surface area contributed by atoms with E-state index in [0.717, 1.165) is 4.47 Å². The first kappa shape index (κ1) is 7.78. The molecular weight excluding hydrogens is 204 g/mol. The van der Waals surface area contributed by atoms with E-state index >= 15 is 0 Å². The van der Waals surface area contributed by atoms with E-state index in [1.54, 1.807) is 18.2 Å². The summed E-state index contributed by atoms with van der Waals surface area (Å²) in [5.74, 6) is 0. The molecule has 3 heteroatoms. The number of hydrogen-bond acceptors (Lipinski definition) is 2. The van der Waals surface area contributed by atoms with E-state index in [2.05, 4.69) is 15.9 Å². The summed E-state index contributed by atoms with van der Waals surface area (Å²) in [6.45, 7) is 0. The van der Waals surface area contributed by atoms with Crippen LogP contribution in [-0.4, -0.2) is 0 Å². The molecular formula is C8H3BrN2. The maximum atomic E-state index is 8.55. The van der Waals surface area contributed by atoms with E-state index in [4.69, 9.17) is 10.5 Å². The number of nitrogens with zero attached hydrogens (tertiary/aromatic N) is 2. The van der Waals surface area contributed by atoms with Crippen LogP contribution in [0.1, 0.15) is 11.1 Å². The lowest BCUT2D eigenvalue weighted by molar-refractivity contribution is 1.42. The van der Waals surface area contributed by atoms with Crippen LogP contribution in [-0.2, 0) is 0 Å². The van der Waals surface area contributed by atoms with E-state index in [1.165, 1.54) is 0 Å². The van der Waals surface area contributed by atoms with Crippen molar-refractivity contribution in [2.75, 3.05) is 0 Å². The summed E-state index contributed by atoms with van der Waals surface area (Å²) in [5.41, 5.74) is 0.817. The van der Waals surface area contributed by atoms with Crippen LogP contribution in [0.15, 0.2) is 22.7 Å². The normalized spacial score (nSPS) is 8.27. The van der Waals surface area contributed by atoms with Gasteiger partial charge in [-0.1, -0.05) is 15.9 Å². The summed E-state index contributed by atoms with van der Waals surface area (Å²) in [7, 11) is 0. The molecule has 0 aliphatic heterocycles. The number of benzene rings is 1. The van der Waals surface area contributed by atoms with E-state index in [1.807, 2.05) is 12.1 Å². The Hall–Kier alpha value is -1.32. The van der Waals surface area contributed by atoms with E-state index < -0.39 is 0 Å². The van der Waals surface area contributed by atoms with Gasteiger partial charge in [-0.3, -0.25) is 0 Å². The molecule has 0 aliphatic rings. The predicted molar refractivity (Wildman–Crippen MR) is 43.6 cm³/mol. The molecule has 2 nitrogen and oxygen atoms in total. The summed E-state index contributed by atoms with van der Waals surface area (Å²) in [6.07, 6.45) is 0. The Morgan fingerprint density at radius 1 is 1.09 bits per heavy atom. The maximum absolute atomic E-state index is 8.55. The minimum atomic E-state index is 0.405. The van der Waals surface area contributed by atoms with Gasteiger partial charge in [0.25, 0.3) is 0 Å². The molecule has 0 saturated heterocycles. The quantitative estimate of drug-likeness (QED) is 0.654. The van der Waals surface area contributed by atoms with Crippen molar-refractivity contribution in [3.05, 3.63) is 33.8 Å². The molecule has 0 aromatic heterocycles. The Kier molecular flexibility index (Phi) is 2.25. The zero-order chi connectivity index (χ0) is 8.27. The van der Waals surface area contributed by atoms with Gasteiger partial charge in [0.05, 0.1) is 11.1 Å². The Balaban J connectivity index is 3.34. The SMILES string of the molecule is N#Cc1ccc(Br)cc1C#N. The van der Waals surface area contributed by atoms with Gasteiger partial charge in [0, 0.05) is 4.47 Å². The first-order valence-electron chi connectivity index (χ1n) is 2.87. The second kappa shape index (κ2) is 3.18. The molecule has 11 heavy (non-hydrogen) atoms. The van der Waals surface area contributed by atoms with Crippen molar-refractivity contribution in [2.45, 2.75) is 0 Å². The van der Waals surface area contributed by atoms with Crippen molar-refractivity contribution < 1.29 is 0 Å². The van der Waals surface area contributed by atoms with Crippen molar-refractivity contribution in [1.82, 2.24) is 0 Å². The molecule has 0 radical (unpaired) electrons. The molecule has 52 valence electrons. The first-order valence-corrected chi connectivity index (χ1v) is 3.67. The van der Waals surface area contributed by atoms with Gasteiger partial charge < -0.3 is 0 Å². The van der Waals surface area contributed by atoms with Gasteiger partial charge in [0.1, 0.15) is 12.1 Å². The fourth-order valence-electron chi connectivity index (χ4n) is 0.706. The lowest BCUT2D eigenvalue weighted by atomic mass is 10.1. The van der Waals surface area contributed by atoms with Crippen LogP contribution in [0, 0.1) is 22.7 Å². The minimum absolute atomic E-state index is 0.405. The Labute approximate surface area is 72.8 Å². The lowest BCUT2D eigenvalue weighted by Crippen LogP contribution is -1.81. The van der Waals surface area contributed by atoms with Crippen molar-refractivity contribution in [3.63, 3.8) is 0 Å². The minimum Gasteiger partial charge on any atom is -0.192 e. The fourth-order valence-corrected chi connectivity index (χ4v) is 1.07. The topological polar surface area (TPSA) is 47.6 Å². The molecule has 0 N–H and O–H groups in total. The summed E-state index contributed by atoms with van der Waals surface area (Å²) in [5, 5.41) is 17.1.